The highest BCUT2D eigenvalue weighted by Gasteiger charge is 2.72. The summed E-state index contributed by atoms with van der Waals surface area (Å²) in [6.07, 6.45) is -4.75. The minimum atomic E-state index is -4.75. The van der Waals surface area contributed by atoms with Crippen LogP contribution in [0.1, 0.15) is 17.2 Å². The van der Waals surface area contributed by atoms with Crippen molar-refractivity contribution in [3.8, 4) is 10.6 Å². The Balaban J connectivity index is 1.64. The van der Waals surface area contributed by atoms with Gasteiger partial charge in [-0.05, 0) is 17.7 Å². The Morgan fingerprint density at radius 1 is 1.22 bits per heavy atom. The van der Waals surface area contributed by atoms with Crippen molar-refractivity contribution in [3.05, 3.63) is 59.9 Å². The third-order valence-electron chi connectivity index (χ3n) is 5.27. The summed E-state index contributed by atoms with van der Waals surface area (Å²) >= 11 is 0.607. The zero-order valence-electron chi connectivity index (χ0n) is 15.9. The van der Waals surface area contributed by atoms with E-state index in [-0.39, 0.29) is 14.8 Å². The predicted molar refractivity (Wildman–Crippen MR) is 105 cm³/mol. The molecular weight excluding hydrogens is 473 g/mol. The number of thiophene rings is 1. The van der Waals surface area contributed by atoms with E-state index in [1.807, 2.05) is 0 Å². The van der Waals surface area contributed by atoms with E-state index in [4.69, 9.17) is 0 Å². The van der Waals surface area contributed by atoms with E-state index < -0.39 is 51.9 Å². The van der Waals surface area contributed by atoms with Crippen molar-refractivity contribution < 1.29 is 41.1 Å². The van der Waals surface area contributed by atoms with Crippen molar-refractivity contribution in [2.24, 2.45) is 5.92 Å². The number of alkyl halides is 3. The molecule has 3 N–H and O–H groups in total. The molecule has 3 atom stereocenters. The molecule has 1 aromatic carbocycles. The maximum Gasteiger partial charge on any atom is 0.452 e. The molecule has 2 aromatic heterocycles. The third-order valence-corrected chi connectivity index (χ3v) is 8.35. The minimum absolute atomic E-state index is 0.0862. The number of carboxylic acid groups (broad SMARTS) is 1. The van der Waals surface area contributed by atoms with Gasteiger partial charge in [0.05, 0.1) is 4.88 Å². The van der Waals surface area contributed by atoms with Gasteiger partial charge in [0.2, 0.25) is 5.76 Å². The van der Waals surface area contributed by atoms with Crippen molar-refractivity contribution in [2.45, 2.75) is 21.8 Å². The molecule has 1 aliphatic carbocycles. The zero-order chi connectivity index (χ0) is 23.3. The van der Waals surface area contributed by atoms with Gasteiger partial charge < -0.3 is 14.7 Å². The SMILES string of the molecule is O=C(O)[C@@]1(NS(=O)(=O)c2ccc(-c3cc(C(F)(F)F)on3)s2)C(c2ccccc2)[C@H]1CO. The molecule has 8 nitrogen and oxygen atoms in total. The van der Waals surface area contributed by atoms with Crippen LogP contribution in [0, 0.1) is 5.92 Å². The van der Waals surface area contributed by atoms with Crippen molar-refractivity contribution in [2.75, 3.05) is 6.61 Å². The summed E-state index contributed by atoms with van der Waals surface area (Å²) < 4.78 is 70.2. The number of nitrogens with zero attached hydrogens (tertiary/aromatic N) is 1. The Labute approximate surface area is 183 Å². The van der Waals surface area contributed by atoms with Crippen molar-refractivity contribution in [1.29, 1.82) is 0 Å². The number of carboxylic acids is 1. The van der Waals surface area contributed by atoms with Gasteiger partial charge in [-0.1, -0.05) is 35.5 Å². The highest BCUT2D eigenvalue weighted by atomic mass is 32.2. The van der Waals surface area contributed by atoms with E-state index in [0.717, 1.165) is 6.07 Å². The van der Waals surface area contributed by atoms with Gasteiger partial charge >= 0.3 is 12.1 Å². The monoisotopic (exact) mass is 488 g/mol. The van der Waals surface area contributed by atoms with Crippen molar-refractivity contribution in [3.63, 3.8) is 0 Å². The summed E-state index contributed by atoms with van der Waals surface area (Å²) in [5.74, 6) is -4.48. The summed E-state index contributed by atoms with van der Waals surface area (Å²) in [4.78, 5) is 12.2. The maximum absolute atomic E-state index is 13.0. The highest BCUT2D eigenvalue weighted by molar-refractivity contribution is 7.91. The molecular formula is C19H15F3N2O6S2. The molecule has 13 heteroatoms. The van der Waals surface area contributed by atoms with Crippen LogP contribution < -0.4 is 4.72 Å². The average Bonchev–Trinajstić information content (AvgIpc) is 3.13. The van der Waals surface area contributed by atoms with Crippen LogP contribution in [0.25, 0.3) is 10.6 Å². The normalized spacial score (nSPS) is 23.2. The molecule has 0 radical (unpaired) electrons. The van der Waals surface area contributed by atoms with E-state index in [1.54, 1.807) is 30.3 Å². The van der Waals surface area contributed by atoms with Crippen LogP contribution in [0.15, 0.2) is 57.3 Å². The van der Waals surface area contributed by atoms with Crippen LogP contribution in [0.5, 0.6) is 0 Å². The molecule has 0 spiro atoms. The van der Waals surface area contributed by atoms with Crippen molar-refractivity contribution >= 4 is 27.3 Å². The lowest BCUT2D eigenvalue weighted by Crippen LogP contribution is -2.46. The zero-order valence-corrected chi connectivity index (χ0v) is 17.5. The number of benzene rings is 1. The van der Waals surface area contributed by atoms with Crippen molar-refractivity contribution in [1.82, 2.24) is 9.88 Å². The van der Waals surface area contributed by atoms with E-state index in [2.05, 4.69) is 14.4 Å². The fourth-order valence-electron chi connectivity index (χ4n) is 3.74. The Morgan fingerprint density at radius 3 is 2.47 bits per heavy atom. The molecule has 4 rings (SSSR count). The lowest BCUT2D eigenvalue weighted by atomic mass is 10.1. The first-order chi connectivity index (χ1) is 15.0. The molecule has 0 saturated heterocycles. The van der Waals surface area contributed by atoms with Gasteiger partial charge in [-0.3, -0.25) is 4.79 Å². The summed E-state index contributed by atoms with van der Waals surface area (Å²) in [5, 5.41) is 22.9. The number of hydrogen-bond acceptors (Lipinski definition) is 7. The lowest BCUT2D eigenvalue weighted by molar-refractivity contribution is -0.155. The molecule has 1 unspecified atom stereocenters. The average molecular weight is 488 g/mol. The van der Waals surface area contributed by atoms with Gasteiger partial charge in [0.25, 0.3) is 10.0 Å². The first kappa shape index (κ1) is 22.5. The Kier molecular flexibility index (Phi) is 5.40. The van der Waals surface area contributed by atoms with E-state index >= 15 is 0 Å². The molecule has 1 aliphatic rings. The van der Waals surface area contributed by atoms with Gasteiger partial charge in [-0.25, -0.2) is 8.42 Å². The number of nitrogens with one attached hydrogen (secondary N) is 1. The Hall–Kier alpha value is -2.74. The largest absolute Gasteiger partial charge is 0.480 e. The third kappa shape index (κ3) is 3.70. The van der Waals surface area contributed by atoms with Crippen LogP contribution in [-0.4, -0.2) is 41.9 Å². The first-order valence-electron chi connectivity index (χ1n) is 9.08. The second kappa shape index (κ2) is 7.69. The summed E-state index contributed by atoms with van der Waals surface area (Å²) in [5.41, 5.74) is -1.62. The number of sulfonamides is 1. The second-order valence-corrected chi connectivity index (χ2v) is 10.1. The topological polar surface area (TPSA) is 130 Å². The van der Waals surface area contributed by atoms with Gasteiger partial charge in [-0.2, -0.15) is 17.9 Å². The first-order valence-corrected chi connectivity index (χ1v) is 11.4. The number of aliphatic carboxylic acids is 1. The number of halogens is 3. The van der Waals surface area contributed by atoms with E-state index in [0.29, 0.717) is 23.0 Å². The fraction of sp³-hybridized carbons (Fsp3) is 0.263. The van der Waals surface area contributed by atoms with Gasteiger partial charge in [0, 0.05) is 24.5 Å². The highest BCUT2D eigenvalue weighted by Crippen LogP contribution is 2.58. The van der Waals surface area contributed by atoms with Crippen LogP contribution >= 0.6 is 11.3 Å². The molecule has 3 aromatic rings. The fourth-order valence-corrected chi connectivity index (χ4v) is 6.42. The van der Waals surface area contributed by atoms with E-state index in [9.17, 15) is 36.6 Å². The van der Waals surface area contributed by atoms with Crippen LogP contribution in [0.4, 0.5) is 13.2 Å². The van der Waals surface area contributed by atoms with Crippen LogP contribution in [0.3, 0.4) is 0 Å². The molecule has 2 heterocycles. The Morgan fingerprint density at radius 2 is 1.91 bits per heavy atom. The molecule has 1 fully saturated rings. The summed E-state index contributed by atoms with van der Waals surface area (Å²) in [7, 11) is -4.40. The molecule has 0 amide bonds. The number of carbonyl (C=O) groups is 1. The predicted octanol–water partition coefficient (Wildman–Crippen LogP) is 2.93. The van der Waals surface area contributed by atoms with Gasteiger partial charge in [0.15, 0.2) is 0 Å². The van der Waals surface area contributed by atoms with Crippen LogP contribution in [0.2, 0.25) is 0 Å². The number of hydrogen-bond donors (Lipinski definition) is 3. The number of aromatic nitrogens is 1. The number of aliphatic hydroxyl groups is 1. The molecule has 1 saturated carbocycles. The summed E-state index contributed by atoms with van der Waals surface area (Å²) in [6.45, 7) is -0.566. The maximum atomic E-state index is 13.0. The quantitative estimate of drug-likeness (QED) is 0.466. The molecule has 32 heavy (non-hydrogen) atoms. The minimum Gasteiger partial charge on any atom is -0.480 e. The lowest BCUT2D eigenvalue weighted by Gasteiger charge is -2.15. The molecule has 0 bridgehead atoms. The van der Waals surface area contributed by atoms with Crippen LogP contribution in [-0.2, 0) is 21.0 Å². The standard InChI is InChI=1S/C19H15F3N2O6S2/c20-19(21,22)14-8-12(23-30-14)13-6-7-15(31-13)32(28,29)24-18(17(26)27)11(9-25)16(18)10-4-2-1-3-5-10/h1-8,11,16,24-25H,9H2,(H,26,27)/t11-,16?,18+/m1/s1. The smallest absolute Gasteiger partial charge is 0.452 e. The Bertz CT molecular complexity index is 1260. The summed E-state index contributed by atoms with van der Waals surface area (Å²) in [6, 6.07) is 11.3. The second-order valence-electron chi connectivity index (χ2n) is 7.15. The molecule has 0 aliphatic heterocycles. The van der Waals surface area contributed by atoms with E-state index in [1.165, 1.54) is 6.07 Å². The molecule has 170 valence electrons. The number of aliphatic hydroxyl groups excluding tert-OH is 1. The van der Waals surface area contributed by atoms with Gasteiger partial charge in [-0.15, -0.1) is 11.3 Å². The van der Waals surface area contributed by atoms with Gasteiger partial charge in [0.1, 0.15) is 15.4 Å². The number of rotatable bonds is 7.